The van der Waals surface area contributed by atoms with Crippen molar-refractivity contribution in [1.82, 2.24) is 10.0 Å². The van der Waals surface area contributed by atoms with Crippen LogP contribution in [0.15, 0.2) is 24.3 Å². The smallest absolute Gasteiger partial charge is 0.407 e. The summed E-state index contributed by atoms with van der Waals surface area (Å²) in [7, 11) is -0.158. The van der Waals surface area contributed by atoms with Crippen molar-refractivity contribution in [2.75, 3.05) is 19.4 Å². The number of fused-ring (bicyclic) bond motifs is 1. The van der Waals surface area contributed by atoms with Crippen LogP contribution in [0.3, 0.4) is 0 Å². The van der Waals surface area contributed by atoms with Gasteiger partial charge in [0.15, 0.2) is 0 Å². The largest absolute Gasteiger partial charge is 0.468 e. The van der Waals surface area contributed by atoms with Crippen molar-refractivity contribution < 1.29 is 23.3 Å². The molecule has 3 atom stereocenters. The molecule has 0 saturated heterocycles. The quantitative estimate of drug-likeness (QED) is 0.730. The van der Waals surface area contributed by atoms with E-state index in [0.29, 0.717) is 6.42 Å². The highest BCUT2D eigenvalue weighted by Crippen LogP contribution is 2.34. The van der Waals surface area contributed by atoms with Crippen molar-refractivity contribution >= 4 is 23.0 Å². The van der Waals surface area contributed by atoms with E-state index in [2.05, 4.69) is 14.8 Å². The number of carbonyl (C=O) groups is 2. The third-order valence-corrected chi connectivity index (χ3v) is 5.15. The fourth-order valence-electron chi connectivity index (χ4n) is 2.93. The minimum Gasteiger partial charge on any atom is -0.468 e. The average molecular weight is 382 g/mol. The second kappa shape index (κ2) is 8.64. The van der Waals surface area contributed by atoms with Gasteiger partial charge in [-0.3, -0.25) is 4.79 Å². The Morgan fingerprint density at radius 2 is 1.96 bits per heavy atom. The lowest BCUT2D eigenvalue weighted by molar-refractivity contribution is -0.139. The monoisotopic (exact) mass is 382 g/mol. The Kier molecular flexibility index (Phi) is 6.77. The van der Waals surface area contributed by atoms with Crippen LogP contribution in [-0.4, -0.2) is 47.3 Å². The molecule has 0 fully saturated rings. The normalized spacial score (nSPS) is 20.2. The van der Waals surface area contributed by atoms with E-state index in [-0.39, 0.29) is 24.3 Å². The number of nitrogens with one attached hydrogen (secondary N) is 2. The number of benzene rings is 1. The maximum Gasteiger partial charge on any atom is 0.407 e. The van der Waals surface area contributed by atoms with Crippen molar-refractivity contribution in [2.24, 2.45) is 0 Å². The number of methoxy groups -OCH3 is 1. The number of hydrogen-bond donors (Lipinski definition) is 2. The molecule has 0 radical (unpaired) electrons. The predicted molar refractivity (Wildman–Crippen MR) is 99.1 cm³/mol. The standard InChI is InChI=1S/C18H26N2O5S/c1-18(2,3)25-17(22)20-15-9-12-7-5-6-8-13(12)14(15)11-26(23)19-10-16(21)24-4/h5-8,14-15,19H,9-11H2,1-4H3,(H,20,22)/t14-,15-,26?/m1/s1. The van der Waals surface area contributed by atoms with E-state index in [0.717, 1.165) is 11.1 Å². The highest BCUT2D eigenvalue weighted by molar-refractivity contribution is 7.83. The number of ether oxygens (including phenoxy) is 2. The lowest BCUT2D eigenvalue weighted by atomic mass is 10.0. The fraction of sp³-hybridized carbons (Fsp3) is 0.556. The zero-order valence-corrected chi connectivity index (χ0v) is 16.4. The first-order valence-electron chi connectivity index (χ1n) is 8.45. The van der Waals surface area contributed by atoms with Gasteiger partial charge in [0.1, 0.15) is 12.1 Å². The molecule has 144 valence electrons. The Labute approximate surface area is 156 Å². The second-order valence-corrected chi connectivity index (χ2v) is 8.48. The minimum atomic E-state index is -1.44. The summed E-state index contributed by atoms with van der Waals surface area (Å²) in [6.45, 7) is 5.29. The molecule has 1 aliphatic rings. The van der Waals surface area contributed by atoms with Gasteiger partial charge in [0.25, 0.3) is 0 Å². The summed E-state index contributed by atoms with van der Waals surface area (Å²) in [5, 5.41) is 2.90. The Morgan fingerprint density at radius 1 is 1.27 bits per heavy atom. The van der Waals surface area contributed by atoms with E-state index in [1.807, 2.05) is 24.3 Å². The average Bonchev–Trinajstić information content (AvgIpc) is 2.88. The molecular formula is C18H26N2O5S. The van der Waals surface area contributed by atoms with Crippen LogP contribution in [-0.2, 0) is 31.7 Å². The number of carbonyl (C=O) groups excluding carboxylic acids is 2. The van der Waals surface area contributed by atoms with E-state index in [1.54, 1.807) is 20.8 Å². The molecule has 0 heterocycles. The van der Waals surface area contributed by atoms with Crippen LogP contribution < -0.4 is 10.0 Å². The molecule has 2 N–H and O–H groups in total. The molecule has 26 heavy (non-hydrogen) atoms. The van der Waals surface area contributed by atoms with Gasteiger partial charge in [-0.1, -0.05) is 24.3 Å². The maximum atomic E-state index is 12.3. The summed E-state index contributed by atoms with van der Waals surface area (Å²) in [5.41, 5.74) is 1.58. The van der Waals surface area contributed by atoms with Crippen molar-refractivity contribution in [2.45, 2.75) is 44.8 Å². The topological polar surface area (TPSA) is 93.7 Å². The van der Waals surface area contributed by atoms with Crippen LogP contribution in [0.4, 0.5) is 4.79 Å². The van der Waals surface area contributed by atoms with Crippen LogP contribution in [0, 0.1) is 0 Å². The Bertz CT molecular complexity index is 686. The van der Waals surface area contributed by atoms with E-state index in [4.69, 9.17) is 4.74 Å². The lowest BCUT2D eigenvalue weighted by Crippen LogP contribution is -2.43. The Morgan fingerprint density at radius 3 is 2.62 bits per heavy atom. The third kappa shape index (κ3) is 5.81. The van der Waals surface area contributed by atoms with E-state index < -0.39 is 28.6 Å². The zero-order chi connectivity index (χ0) is 19.3. The SMILES string of the molecule is COC(=O)CNS(=O)C[C@@H]1c2ccccc2C[C@H]1NC(=O)OC(C)(C)C. The number of esters is 1. The number of amides is 1. The summed E-state index contributed by atoms with van der Waals surface area (Å²) in [6, 6.07) is 7.63. The van der Waals surface area contributed by atoms with Crippen LogP contribution in [0.2, 0.25) is 0 Å². The maximum absolute atomic E-state index is 12.3. The summed E-state index contributed by atoms with van der Waals surface area (Å²) in [4.78, 5) is 23.4. The highest BCUT2D eigenvalue weighted by atomic mass is 32.2. The molecule has 0 saturated carbocycles. The van der Waals surface area contributed by atoms with Gasteiger partial charge in [-0.25, -0.2) is 13.7 Å². The molecule has 0 aliphatic heterocycles. The highest BCUT2D eigenvalue weighted by Gasteiger charge is 2.35. The lowest BCUT2D eigenvalue weighted by Gasteiger charge is -2.25. The molecule has 1 aromatic carbocycles. The van der Waals surface area contributed by atoms with Gasteiger partial charge < -0.3 is 14.8 Å². The van der Waals surface area contributed by atoms with Gasteiger partial charge in [-0.05, 0) is 38.3 Å². The van der Waals surface area contributed by atoms with Crippen molar-refractivity contribution in [3.63, 3.8) is 0 Å². The summed E-state index contributed by atoms with van der Waals surface area (Å²) < 4.78 is 24.9. The van der Waals surface area contributed by atoms with Crippen LogP contribution >= 0.6 is 0 Å². The molecule has 1 unspecified atom stereocenters. The number of hydrogen-bond acceptors (Lipinski definition) is 5. The van der Waals surface area contributed by atoms with Crippen LogP contribution in [0.1, 0.15) is 37.8 Å². The molecule has 7 nitrogen and oxygen atoms in total. The predicted octanol–water partition coefficient (Wildman–Crippen LogP) is 1.65. The fourth-order valence-corrected chi connectivity index (χ4v) is 4.06. The molecule has 1 amide bonds. The summed E-state index contributed by atoms with van der Waals surface area (Å²) >= 11 is 0. The summed E-state index contributed by atoms with van der Waals surface area (Å²) in [5.74, 6) is -0.340. The first-order valence-corrected chi connectivity index (χ1v) is 9.77. The zero-order valence-electron chi connectivity index (χ0n) is 15.5. The first-order chi connectivity index (χ1) is 12.2. The number of alkyl carbamates (subject to hydrolysis) is 1. The molecule has 2 rings (SSSR count). The van der Waals surface area contributed by atoms with Gasteiger partial charge in [0, 0.05) is 17.7 Å². The van der Waals surface area contributed by atoms with Gasteiger partial charge in [0.2, 0.25) is 0 Å². The summed E-state index contributed by atoms with van der Waals surface area (Å²) in [6.07, 6.45) is 0.155. The minimum absolute atomic E-state index is 0.123. The van der Waals surface area contributed by atoms with Crippen molar-refractivity contribution in [3.05, 3.63) is 35.4 Å². The third-order valence-electron chi connectivity index (χ3n) is 4.02. The van der Waals surface area contributed by atoms with Crippen LogP contribution in [0.25, 0.3) is 0 Å². The molecule has 8 heteroatoms. The van der Waals surface area contributed by atoms with Gasteiger partial charge in [0.05, 0.1) is 18.1 Å². The molecule has 0 bridgehead atoms. The Hall–Kier alpha value is -1.93. The van der Waals surface area contributed by atoms with Gasteiger partial charge in [-0.15, -0.1) is 0 Å². The van der Waals surface area contributed by atoms with Crippen molar-refractivity contribution in [3.8, 4) is 0 Å². The van der Waals surface area contributed by atoms with E-state index in [1.165, 1.54) is 7.11 Å². The molecule has 1 aromatic rings. The Balaban J connectivity index is 2.06. The second-order valence-electron chi connectivity index (χ2n) is 7.17. The molecule has 0 spiro atoms. The van der Waals surface area contributed by atoms with E-state index >= 15 is 0 Å². The van der Waals surface area contributed by atoms with E-state index in [9.17, 15) is 13.8 Å². The van der Waals surface area contributed by atoms with Gasteiger partial charge >= 0.3 is 12.1 Å². The molecular weight excluding hydrogens is 356 g/mol. The van der Waals surface area contributed by atoms with Crippen LogP contribution in [0.5, 0.6) is 0 Å². The molecule has 0 aromatic heterocycles. The van der Waals surface area contributed by atoms with Gasteiger partial charge in [-0.2, -0.15) is 0 Å². The number of rotatable bonds is 6. The first kappa shape index (κ1) is 20.4. The van der Waals surface area contributed by atoms with Crippen molar-refractivity contribution in [1.29, 1.82) is 0 Å². The molecule has 1 aliphatic carbocycles.